The molecule has 0 fully saturated rings. The normalized spacial score (nSPS) is 12.2. The minimum absolute atomic E-state index is 0.108. The van der Waals surface area contributed by atoms with Gasteiger partial charge in [0.1, 0.15) is 0 Å². The van der Waals surface area contributed by atoms with E-state index in [0.29, 0.717) is 23.3 Å². The molecule has 0 saturated heterocycles. The van der Waals surface area contributed by atoms with E-state index in [1.54, 1.807) is 36.5 Å². The van der Waals surface area contributed by atoms with Gasteiger partial charge >= 0.3 is 11.9 Å². The number of hydrogen-bond donors (Lipinski definition) is 1. The van der Waals surface area contributed by atoms with E-state index in [2.05, 4.69) is 9.82 Å². The zero-order chi connectivity index (χ0) is 22.2. The third-order valence-electron chi connectivity index (χ3n) is 4.49. The molecule has 0 saturated carbocycles. The van der Waals surface area contributed by atoms with Crippen molar-refractivity contribution in [3.8, 4) is 0 Å². The molecule has 1 N–H and O–H groups in total. The highest BCUT2D eigenvalue weighted by molar-refractivity contribution is 7.92. The van der Waals surface area contributed by atoms with E-state index >= 15 is 0 Å². The number of halogens is 3. The summed E-state index contributed by atoms with van der Waals surface area (Å²) in [7, 11) is -4.10. The lowest BCUT2D eigenvalue weighted by Crippen LogP contribution is -2.21. The Kier molecular flexibility index (Phi) is 5.05. The Hall–Kier alpha value is -3.60. The first kappa shape index (κ1) is 20.7. The number of fused-ring (bicyclic) bond motifs is 1. The molecule has 31 heavy (non-hydrogen) atoms. The second-order valence-electron chi connectivity index (χ2n) is 6.70. The van der Waals surface area contributed by atoms with E-state index in [1.165, 1.54) is 21.2 Å². The summed E-state index contributed by atoms with van der Waals surface area (Å²) in [4.78, 5) is 12.1. The van der Waals surface area contributed by atoms with Crippen molar-refractivity contribution in [3.05, 3.63) is 94.5 Å². The maximum Gasteiger partial charge on any atom is 0.416 e. The second kappa shape index (κ2) is 7.58. The van der Waals surface area contributed by atoms with Gasteiger partial charge in [0.05, 0.1) is 17.0 Å². The van der Waals surface area contributed by atoms with Gasteiger partial charge in [-0.1, -0.05) is 18.2 Å². The van der Waals surface area contributed by atoms with Crippen LogP contribution in [-0.4, -0.2) is 22.6 Å². The zero-order valence-electron chi connectivity index (χ0n) is 15.7. The quantitative estimate of drug-likeness (QED) is 0.507. The lowest BCUT2D eigenvalue weighted by atomic mass is 10.2. The van der Waals surface area contributed by atoms with Crippen LogP contribution in [-0.2, 0) is 22.7 Å². The number of sulfonamides is 1. The Balaban J connectivity index is 1.56. The van der Waals surface area contributed by atoms with Gasteiger partial charge in [0.15, 0.2) is 5.65 Å². The van der Waals surface area contributed by atoms with E-state index in [4.69, 9.17) is 0 Å². The SMILES string of the molecule is O=c1n(Cc2cccc(NS(=O)(=O)c3ccc(C(F)(F)F)cc3)c2)nc2ccccn12. The number of benzene rings is 2. The van der Waals surface area contributed by atoms with Gasteiger partial charge in [0.25, 0.3) is 10.0 Å². The van der Waals surface area contributed by atoms with E-state index in [-0.39, 0.29) is 22.8 Å². The van der Waals surface area contributed by atoms with Gasteiger partial charge < -0.3 is 0 Å². The lowest BCUT2D eigenvalue weighted by Gasteiger charge is -2.11. The summed E-state index contributed by atoms with van der Waals surface area (Å²) in [6.07, 6.45) is -2.96. The Morgan fingerprint density at radius 2 is 1.71 bits per heavy atom. The van der Waals surface area contributed by atoms with Crippen LogP contribution < -0.4 is 10.4 Å². The van der Waals surface area contributed by atoms with Crippen molar-refractivity contribution in [2.45, 2.75) is 17.6 Å². The molecular formula is C20H15F3N4O3S. The zero-order valence-corrected chi connectivity index (χ0v) is 16.6. The standard InChI is InChI=1S/C20H15F3N4O3S/c21-20(22,23)15-7-9-17(10-8-15)31(29,30)25-16-5-3-4-14(12-16)13-27-19(28)26-11-2-1-6-18(26)24-27/h1-12,25H,13H2. The van der Waals surface area contributed by atoms with Crippen LogP contribution in [0.5, 0.6) is 0 Å². The molecule has 0 atom stereocenters. The van der Waals surface area contributed by atoms with Crippen molar-refractivity contribution in [2.24, 2.45) is 0 Å². The van der Waals surface area contributed by atoms with E-state index in [9.17, 15) is 26.4 Å². The molecule has 0 spiro atoms. The van der Waals surface area contributed by atoms with Crippen molar-refractivity contribution in [2.75, 3.05) is 4.72 Å². The first-order valence-corrected chi connectivity index (χ1v) is 10.4. The fraction of sp³-hybridized carbons (Fsp3) is 0.100. The number of rotatable bonds is 5. The molecule has 160 valence electrons. The van der Waals surface area contributed by atoms with Crippen LogP contribution in [0, 0.1) is 0 Å². The van der Waals surface area contributed by atoms with Gasteiger partial charge in [-0.25, -0.2) is 17.9 Å². The van der Waals surface area contributed by atoms with Crippen LogP contribution in [0.15, 0.2) is 82.6 Å². The fourth-order valence-electron chi connectivity index (χ4n) is 3.01. The van der Waals surface area contributed by atoms with E-state index < -0.39 is 21.8 Å². The summed E-state index contributed by atoms with van der Waals surface area (Å²) < 4.78 is 68.1. The summed E-state index contributed by atoms with van der Waals surface area (Å²) in [5.74, 6) is 0. The minimum Gasteiger partial charge on any atom is -0.280 e. The molecule has 7 nitrogen and oxygen atoms in total. The van der Waals surface area contributed by atoms with Crippen molar-refractivity contribution >= 4 is 21.4 Å². The summed E-state index contributed by atoms with van der Waals surface area (Å²) in [5, 5.41) is 4.22. The molecular weight excluding hydrogens is 433 g/mol. The molecule has 2 aromatic carbocycles. The van der Waals surface area contributed by atoms with Gasteiger partial charge in [-0.05, 0) is 54.1 Å². The van der Waals surface area contributed by atoms with Crippen LogP contribution >= 0.6 is 0 Å². The van der Waals surface area contributed by atoms with E-state index in [1.807, 2.05) is 0 Å². The average molecular weight is 448 g/mol. The number of alkyl halides is 3. The summed E-state index contributed by atoms with van der Waals surface area (Å²) in [6, 6.07) is 14.7. The monoisotopic (exact) mass is 448 g/mol. The Morgan fingerprint density at radius 1 is 0.968 bits per heavy atom. The highest BCUT2D eigenvalue weighted by atomic mass is 32.2. The smallest absolute Gasteiger partial charge is 0.280 e. The number of hydrogen-bond acceptors (Lipinski definition) is 4. The second-order valence-corrected chi connectivity index (χ2v) is 8.38. The summed E-state index contributed by atoms with van der Waals surface area (Å²) in [5.41, 5.74) is 0.0108. The number of nitrogens with zero attached hydrogens (tertiary/aromatic N) is 3. The molecule has 0 aliphatic carbocycles. The maximum absolute atomic E-state index is 12.7. The molecule has 2 aromatic heterocycles. The van der Waals surface area contributed by atoms with Crippen molar-refractivity contribution in [3.63, 3.8) is 0 Å². The highest BCUT2D eigenvalue weighted by Crippen LogP contribution is 2.30. The molecule has 0 amide bonds. The van der Waals surface area contributed by atoms with Crippen LogP contribution in [0.3, 0.4) is 0 Å². The van der Waals surface area contributed by atoms with Crippen molar-refractivity contribution in [1.82, 2.24) is 14.2 Å². The lowest BCUT2D eigenvalue weighted by molar-refractivity contribution is -0.137. The molecule has 4 aromatic rings. The summed E-state index contributed by atoms with van der Waals surface area (Å²) >= 11 is 0. The first-order valence-electron chi connectivity index (χ1n) is 8.97. The van der Waals surface area contributed by atoms with Crippen molar-refractivity contribution < 1.29 is 21.6 Å². The van der Waals surface area contributed by atoms with Crippen LogP contribution in [0.1, 0.15) is 11.1 Å². The Bertz CT molecular complexity index is 1410. The van der Waals surface area contributed by atoms with Crippen LogP contribution in [0.2, 0.25) is 0 Å². The Morgan fingerprint density at radius 3 is 2.39 bits per heavy atom. The van der Waals surface area contributed by atoms with Crippen LogP contribution in [0.25, 0.3) is 5.65 Å². The van der Waals surface area contributed by atoms with Crippen molar-refractivity contribution in [1.29, 1.82) is 0 Å². The topological polar surface area (TPSA) is 85.5 Å². The number of anilines is 1. The molecule has 4 rings (SSSR count). The van der Waals surface area contributed by atoms with Gasteiger partial charge in [-0.15, -0.1) is 5.10 Å². The number of pyridine rings is 1. The average Bonchev–Trinajstić information content (AvgIpc) is 3.03. The molecule has 11 heteroatoms. The minimum atomic E-state index is -4.56. The predicted molar refractivity (Wildman–Crippen MR) is 107 cm³/mol. The van der Waals surface area contributed by atoms with Crippen LogP contribution in [0.4, 0.5) is 18.9 Å². The number of nitrogens with one attached hydrogen (secondary N) is 1. The molecule has 0 bridgehead atoms. The maximum atomic E-state index is 12.7. The largest absolute Gasteiger partial charge is 0.416 e. The number of aromatic nitrogens is 3. The van der Waals surface area contributed by atoms with E-state index in [0.717, 1.165) is 12.1 Å². The predicted octanol–water partition coefficient (Wildman–Crippen LogP) is 3.36. The molecule has 2 heterocycles. The highest BCUT2D eigenvalue weighted by Gasteiger charge is 2.30. The third kappa shape index (κ3) is 4.31. The summed E-state index contributed by atoms with van der Waals surface area (Å²) in [6.45, 7) is 0.108. The van der Waals surface area contributed by atoms with Gasteiger partial charge in [-0.2, -0.15) is 13.2 Å². The first-order chi connectivity index (χ1) is 14.6. The molecule has 0 aliphatic heterocycles. The van der Waals surface area contributed by atoms with Gasteiger partial charge in [-0.3, -0.25) is 9.12 Å². The molecule has 0 radical (unpaired) electrons. The van der Waals surface area contributed by atoms with Gasteiger partial charge in [0.2, 0.25) is 0 Å². The fourth-order valence-corrected chi connectivity index (χ4v) is 4.06. The Labute approximate surface area is 174 Å². The molecule has 0 aliphatic rings. The molecule has 0 unspecified atom stereocenters. The van der Waals surface area contributed by atoms with Gasteiger partial charge in [0, 0.05) is 11.9 Å². The third-order valence-corrected chi connectivity index (χ3v) is 5.89.